The lowest BCUT2D eigenvalue weighted by Crippen LogP contribution is -2.55. The van der Waals surface area contributed by atoms with Crippen LogP contribution in [0.5, 0.6) is 11.5 Å². The molecule has 13 atom stereocenters. The number of hydrogen-bond acceptors (Lipinski definition) is 15. The number of nitrogens with zero attached hydrogens (tertiary/aromatic N) is 5. The van der Waals surface area contributed by atoms with Crippen LogP contribution in [0, 0.1) is 47.3 Å². The van der Waals surface area contributed by atoms with Crippen LogP contribution in [0.25, 0.3) is 0 Å². The molecule has 4 bridgehead atoms. The van der Waals surface area contributed by atoms with Crippen molar-refractivity contribution in [3.63, 3.8) is 0 Å². The van der Waals surface area contributed by atoms with Gasteiger partial charge in [0.2, 0.25) is 15.9 Å². The Hall–Kier alpha value is -6.12. The van der Waals surface area contributed by atoms with Crippen LogP contribution in [0.3, 0.4) is 0 Å². The van der Waals surface area contributed by atoms with Gasteiger partial charge in [-0.25, -0.2) is 17.3 Å². The number of ether oxygens (including phenoxy) is 4. The lowest BCUT2D eigenvalue weighted by molar-refractivity contribution is -0.145. The fourth-order valence-electron chi connectivity index (χ4n) is 17.3. The molecule has 4 aliphatic carbocycles. The Labute approximate surface area is 622 Å². The van der Waals surface area contributed by atoms with Crippen LogP contribution in [0.1, 0.15) is 148 Å². The first-order chi connectivity index (χ1) is 49.1. The van der Waals surface area contributed by atoms with Crippen molar-refractivity contribution in [1.82, 2.24) is 24.1 Å². The van der Waals surface area contributed by atoms with Gasteiger partial charge in [-0.15, -0.1) is 0 Å². The van der Waals surface area contributed by atoms with Gasteiger partial charge in [-0.05, 0) is 229 Å². The molecule has 4 aromatic carbocycles. The van der Waals surface area contributed by atoms with Crippen molar-refractivity contribution in [2.45, 2.75) is 150 Å². The summed E-state index contributed by atoms with van der Waals surface area (Å²) in [6, 6.07) is 23.2. The molecule has 0 radical (unpaired) electrons. The SMILES string of the molecule is C=S1(=O)NC(=O)c2ccc3c(c2)N(C[C@@H]2CC[C@H]2[C@@](O)(C#CCCN(C)C)/C=C/C[C@H](C)[C@H]1C)C[C@@]1(CCCc2cc(Cl)ccc21)CO3.C[C@@H]1[C@@H](C)C/C=C/[C@](CC(=O)N(C)C)(OCCN2CCOCC2)[C@@H]2CC[C@H]2CN2C[C@@]3(CCCc4cc(Cl)ccc43)COc3ccc(cc32)C(=O)NS1(=O)=O. The minimum absolute atomic E-state index is 0.0163. The molecular weight excluding hydrogens is 1380 g/mol. The van der Waals surface area contributed by atoms with Gasteiger partial charge in [0.15, 0.2) is 0 Å². The van der Waals surface area contributed by atoms with Crippen LogP contribution in [0.15, 0.2) is 97.1 Å². The van der Waals surface area contributed by atoms with E-state index < -0.39 is 53.2 Å². The fraction of sp³-hybridized carbons (Fsp3) is 0.580. The molecule has 2 saturated carbocycles. The van der Waals surface area contributed by atoms with Crippen molar-refractivity contribution in [2.24, 2.45) is 35.5 Å². The first-order valence-corrected chi connectivity index (χ1v) is 41.4. The van der Waals surface area contributed by atoms with Crippen LogP contribution in [-0.4, -0.2) is 191 Å². The van der Waals surface area contributed by atoms with Gasteiger partial charge in [0.1, 0.15) is 17.1 Å². The van der Waals surface area contributed by atoms with Crippen LogP contribution in [0.4, 0.5) is 11.4 Å². The highest BCUT2D eigenvalue weighted by molar-refractivity contribution is 7.99. The van der Waals surface area contributed by atoms with Gasteiger partial charge >= 0.3 is 0 Å². The molecule has 0 aromatic heterocycles. The monoisotopic (exact) mass is 1490 g/mol. The van der Waals surface area contributed by atoms with Gasteiger partial charge in [0.25, 0.3) is 11.8 Å². The third-order valence-corrected chi connectivity index (χ3v) is 28.9. The third-order valence-electron chi connectivity index (χ3n) is 24.3. The van der Waals surface area contributed by atoms with Crippen LogP contribution in [0.2, 0.25) is 10.0 Å². The van der Waals surface area contributed by atoms with Crippen LogP contribution < -0.4 is 28.7 Å². The zero-order valence-corrected chi connectivity index (χ0v) is 64.6. The number of allylic oxidation sites excluding steroid dienone is 2. The predicted molar refractivity (Wildman–Crippen MR) is 412 cm³/mol. The van der Waals surface area contributed by atoms with Gasteiger partial charge in [-0.2, -0.15) is 0 Å². The average molecular weight is 1490 g/mol. The molecular formula is C81H107Cl2N7O11S2. The van der Waals surface area contributed by atoms with E-state index in [9.17, 15) is 32.1 Å². The van der Waals surface area contributed by atoms with Gasteiger partial charge in [-0.3, -0.25) is 24.0 Å². The van der Waals surface area contributed by atoms with E-state index in [0.29, 0.717) is 89.8 Å². The number of nitrogens with one attached hydrogen (secondary N) is 2. The van der Waals surface area contributed by atoms with E-state index in [-0.39, 0.29) is 64.2 Å². The lowest BCUT2D eigenvalue weighted by atomic mass is 9.62. The summed E-state index contributed by atoms with van der Waals surface area (Å²) in [7, 11) is 0.601. The van der Waals surface area contributed by atoms with Gasteiger partial charge in [0.05, 0.1) is 71.4 Å². The number of morpholine rings is 1. The molecule has 103 heavy (non-hydrogen) atoms. The summed E-state index contributed by atoms with van der Waals surface area (Å²) in [6.45, 7) is 16.1. The number of carbonyl (C=O) groups is 3. The molecule has 22 heteroatoms. The number of amides is 3. The molecule has 1 unspecified atom stereocenters. The highest BCUT2D eigenvalue weighted by Gasteiger charge is 2.52. The molecule has 1 saturated heterocycles. The summed E-state index contributed by atoms with van der Waals surface area (Å²) < 4.78 is 72.3. The molecule has 5 heterocycles. The number of rotatable bonds is 8. The zero-order valence-electron chi connectivity index (χ0n) is 61.5. The summed E-state index contributed by atoms with van der Waals surface area (Å²) >= 11 is 13.0. The van der Waals surface area contributed by atoms with E-state index >= 15 is 0 Å². The van der Waals surface area contributed by atoms with E-state index in [1.807, 2.05) is 77.4 Å². The van der Waals surface area contributed by atoms with Gasteiger partial charge < -0.3 is 43.7 Å². The van der Waals surface area contributed by atoms with Crippen molar-refractivity contribution in [3.8, 4) is 23.3 Å². The summed E-state index contributed by atoms with van der Waals surface area (Å²) in [6.07, 6.45) is 19.4. The molecule has 3 N–H and O–H groups in total. The summed E-state index contributed by atoms with van der Waals surface area (Å²) in [5, 5.41) is 12.5. The number of aryl methyl sites for hydroxylation is 2. The molecule has 9 aliphatic rings. The van der Waals surface area contributed by atoms with Crippen LogP contribution >= 0.6 is 23.2 Å². The lowest BCUT2D eigenvalue weighted by Gasteiger charge is -2.51. The smallest absolute Gasteiger partial charge is 0.264 e. The Balaban J connectivity index is 0.000000196. The number of aliphatic hydroxyl groups is 1. The number of benzene rings is 4. The number of carbonyl (C=O) groups excluding carboxylic acids is 3. The highest BCUT2D eigenvalue weighted by Crippen LogP contribution is 2.52. The molecule has 3 fully saturated rings. The largest absolute Gasteiger partial charge is 0.490 e. The number of fused-ring (bicyclic) bond motifs is 8. The quantitative estimate of drug-likeness (QED) is 0.0854. The average Bonchev–Trinajstić information content (AvgIpc) is 1.72. The van der Waals surface area contributed by atoms with Crippen molar-refractivity contribution >= 4 is 77.9 Å². The van der Waals surface area contributed by atoms with E-state index in [0.717, 1.165) is 118 Å². The Kier molecular flexibility index (Phi) is 23.6. The molecule has 13 rings (SSSR count). The fourth-order valence-corrected chi connectivity index (χ4v) is 20.5. The number of anilines is 2. The van der Waals surface area contributed by atoms with E-state index in [2.05, 4.69) is 77.1 Å². The summed E-state index contributed by atoms with van der Waals surface area (Å²) in [5.74, 6) is 10.8. The molecule has 18 nitrogen and oxygen atoms in total. The molecule has 4 aromatic rings. The van der Waals surface area contributed by atoms with E-state index in [1.54, 1.807) is 50.2 Å². The minimum Gasteiger partial charge on any atom is -0.490 e. The maximum Gasteiger partial charge on any atom is 0.264 e. The minimum atomic E-state index is -4.03. The maximum atomic E-state index is 13.8. The first kappa shape index (κ1) is 76.5. The summed E-state index contributed by atoms with van der Waals surface area (Å²) in [5.41, 5.74) is 4.51. The van der Waals surface area contributed by atoms with Gasteiger partial charge in [0, 0.05) is 116 Å². The van der Waals surface area contributed by atoms with Crippen molar-refractivity contribution in [1.29, 1.82) is 0 Å². The highest BCUT2D eigenvalue weighted by atomic mass is 35.5. The molecule has 2 spiro atoms. The number of sulfonamides is 1. The topological polar surface area (TPSA) is 200 Å². The van der Waals surface area contributed by atoms with Crippen LogP contribution in [-0.2, 0) is 57.7 Å². The van der Waals surface area contributed by atoms with E-state index in [1.165, 1.54) is 22.3 Å². The first-order valence-electron chi connectivity index (χ1n) is 37.3. The molecule has 5 aliphatic heterocycles. The Morgan fingerprint density at radius 1 is 0.709 bits per heavy atom. The Bertz CT molecular complexity index is 4160. The standard InChI is InChI=1S/C42H57ClN4O7S.C39H50ClN3O4S/c1-29-7-5-16-42(25-39(48)45(3)4,54-22-19-46-17-20-52-21-18-46)36-12-9-33(36)26-47-27-41(15-6-8-31-23-34(43)11-13-35(31)41)28-53-38-14-10-32(24-37(38)47)40(49)44-55(50,51)30(29)2;1-27-10-8-20-39(45,19-6-7-21-42(3)4)34-15-12-31(34)24-43-25-38(18-9-11-29-22-32(40)14-16-33(29)38)26-47-36-17-13-30(23-35(36)43)37(44)41-48(5,46)28(27)2/h5,10-11,13-14,16,23-24,29-30,33,36H,6-9,12,15,17-22,25-28H2,1-4H3,(H,44,49);8,13-14,16-17,20,22-23,27-28,31,34,45H,5,7,9-12,15,18,21,24-26H2,1-4H3,(H,41,44,46)/b16-5+;20-8+/t29-,30+,33-,36+,41-,42+;27-,28+,31-,34+,38-,39+,48?/m00/s1. The Morgan fingerprint density at radius 3 is 1.78 bits per heavy atom. The van der Waals surface area contributed by atoms with E-state index in [4.69, 9.17) is 42.1 Å². The zero-order chi connectivity index (χ0) is 73.2. The Morgan fingerprint density at radius 2 is 1.24 bits per heavy atom. The normalized spacial score (nSPS) is 32.7. The second kappa shape index (κ2) is 31.7. The summed E-state index contributed by atoms with van der Waals surface area (Å²) in [4.78, 5) is 51.9. The molecule has 558 valence electrons. The number of halogens is 2. The van der Waals surface area contributed by atoms with Crippen molar-refractivity contribution < 1.29 is 51.1 Å². The molecule has 3 amide bonds. The number of hydrogen-bond donors (Lipinski definition) is 3. The maximum absolute atomic E-state index is 13.8. The third kappa shape index (κ3) is 16.9. The van der Waals surface area contributed by atoms with Gasteiger partial charge in [-0.1, -0.05) is 79.3 Å². The second-order valence-electron chi connectivity index (χ2n) is 31.6. The van der Waals surface area contributed by atoms with Crippen molar-refractivity contribution in [2.75, 3.05) is 123 Å². The predicted octanol–water partition coefficient (Wildman–Crippen LogP) is 11.3. The van der Waals surface area contributed by atoms with Crippen molar-refractivity contribution in [3.05, 3.63) is 141 Å². The second-order valence-corrected chi connectivity index (χ2v) is 37.0.